The van der Waals surface area contributed by atoms with E-state index in [2.05, 4.69) is 10.6 Å². The fraction of sp³-hybridized carbons (Fsp3) is 0.550. The van der Waals surface area contributed by atoms with E-state index < -0.39 is 0 Å². The molecule has 0 heterocycles. The fourth-order valence-corrected chi connectivity index (χ4v) is 3.01. The van der Waals surface area contributed by atoms with Crippen molar-refractivity contribution in [2.24, 2.45) is 0 Å². The second-order valence-electron chi connectivity index (χ2n) is 7.69. The SMILES string of the molecule is CC(C)(C)NC(=O)CNC(=O)CCC(=O)c1ccc2c(c1)CCCC2. The molecule has 0 saturated carbocycles. The lowest BCUT2D eigenvalue weighted by Crippen LogP contribution is -2.45. The van der Waals surface area contributed by atoms with Crippen molar-refractivity contribution in [3.8, 4) is 0 Å². The average Bonchev–Trinajstić information content (AvgIpc) is 2.56. The van der Waals surface area contributed by atoms with Crippen LogP contribution in [0, 0.1) is 0 Å². The van der Waals surface area contributed by atoms with Gasteiger partial charge in [-0.3, -0.25) is 14.4 Å². The Bertz CT molecular complexity index is 659. The Balaban J connectivity index is 1.78. The Labute approximate surface area is 149 Å². The zero-order valence-corrected chi connectivity index (χ0v) is 15.4. The van der Waals surface area contributed by atoms with Gasteiger partial charge in [0.15, 0.2) is 5.78 Å². The summed E-state index contributed by atoms with van der Waals surface area (Å²) in [4.78, 5) is 35.8. The second kappa shape index (κ2) is 8.28. The number of hydrogen-bond acceptors (Lipinski definition) is 3. The van der Waals surface area contributed by atoms with Gasteiger partial charge in [0.1, 0.15) is 0 Å². The number of nitrogens with one attached hydrogen (secondary N) is 2. The smallest absolute Gasteiger partial charge is 0.239 e. The maximum atomic E-state index is 12.3. The maximum absolute atomic E-state index is 12.3. The summed E-state index contributed by atoms with van der Waals surface area (Å²) in [5.41, 5.74) is 2.95. The third kappa shape index (κ3) is 6.33. The molecule has 1 aromatic carbocycles. The van der Waals surface area contributed by atoms with Crippen LogP contribution < -0.4 is 10.6 Å². The Kier molecular flexibility index (Phi) is 6.34. The number of carbonyl (C=O) groups is 3. The van der Waals surface area contributed by atoms with Crippen molar-refractivity contribution < 1.29 is 14.4 Å². The van der Waals surface area contributed by atoms with E-state index in [4.69, 9.17) is 0 Å². The highest BCUT2D eigenvalue weighted by atomic mass is 16.2. The molecule has 25 heavy (non-hydrogen) atoms. The normalized spacial score (nSPS) is 13.7. The van der Waals surface area contributed by atoms with Crippen molar-refractivity contribution in [1.82, 2.24) is 10.6 Å². The van der Waals surface area contributed by atoms with E-state index in [-0.39, 0.29) is 42.5 Å². The van der Waals surface area contributed by atoms with Gasteiger partial charge in [-0.25, -0.2) is 0 Å². The molecular weight excluding hydrogens is 316 g/mol. The number of benzene rings is 1. The molecule has 0 fully saturated rings. The van der Waals surface area contributed by atoms with Gasteiger partial charge in [0.2, 0.25) is 11.8 Å². The first-order valence-corrected chi connectivity index (χ1v) is 8.97. The third-order valence-electron chi connectivity index (χ3n) is 4.21. The molecule has 2 N–H and O–H groups in total. The summed E-state index contributed by atoms with van der Waals surface area (Å²) >= 11 is 0. The fourth-order valence-electron chi connectivity index (χ4n) is 3.01. The lowest BCUT2D eigenvalue weighted by Gasteiger charge is -2.20. The third-order valence-corrected chi connectivity index (χ3v) is 4.21. The molecule has 0 bridgehead atoms. The number of rotatable bonds is 6. The van der Waals surface area contributed by atoms with Gasteiger partial charge in [0.25, 0.3) is 0 Å². The number of amides is 2. The van der Waals surface area contributed by atoms with Crippen LogP contribution in [0.1, 0.15) is 67.9 Å². The molecular formula is C20H28N2O3. The van der Waals surface area contributed by atoms with E-state index in [0.29, 0.717) is 5.56 Å². The summed E-state index contributed by atoms with van der Waals surface area (Å²) in [6, 6.07) is 5.88. The van der Waals surface area contributed by atoms with Crippen LogP contribution in [0.4, 0.5) is 0 Å². The Morgan fingerprint density at radius 2 is 1.64 bits per heavy atom. The van der Waals surface area contributed by atoms with Crippen LogP contribution in [0.5, 0.6) is 0 Å². The van der Waals surface area contributed by atoms with Crippen LogP contribution in [0.2, 0.25) is 0 Å². The van der Waals surface area contributed by atoms with Gasteiger partial charge in [-0.2, -0.15) is 0 Å². The molecule has 1 aliphatic carbocycles. The molecule has 0 atom stereocenters. The van der Waals surface area contributed by atoms with Gasteiger partial charge in [-0.1, -0.05) is 12.1 Å². The molecule has 0 radical (unpaired) electrons. The first kappa shape index (κ1) is 19.2. The number of carbonyl (C=O) groups excluding carboxylic acids is 3. The minimum atomic E-state index is -0.329. The first-order chi connectivity index (χ1) is 11.7. The lowest BCUT2D eigenvalue weighted by molar-refractivity contribution is -0.126. The van der Waals surface area contributed by atoms with Gasteiger partial charge in [-0.15, -0.1) is 0 Å². The zero-order valence-electron chi connectivity index (χ0n) is 15.4. The van der Waals surface area contributed by atoms with E-state index in [9.17, 15) is 14.4 Å². The molecule has 0 spiro atoms. The first-order valence-electron chi connectivity index (χ1n) is 8.97. The largest absolute Gasteiger partial charge is 0.350 e. The summed E-state index contributed by atoms with van der Waals surface area (Å²) in [5, 5.41) is 5.33. The standard InChI is InChI=1S/C20H28N2O3/c1-20(2,3)22-19(25)13-21-18(24)11-10-17(23)16-9-8-14-6-4-5-7-15(14)12-16/h8-9,12H,4-7,10-11,13H2,1-3H3,(H,21,24)(H,22,25). The summed E-state index contributed by atoms with van der Waals surface area (Å²) in [5.74, 6) is -0.542. The van der Waals surface area contributed by atoms with E-state index in [1.54, 1.807) is 0 Å². The molecule has 136 valence electrons. The van der Waals surface area contributed by atoms with E-state index in [1.165, 1.54) is 24.0 Å². The van der Waals surface area contributed by atoms with Gasteiger partial charge in [0, 0.05) is 23.9 Å². The molecule has 0 saturated heterocycles. The molecule has 5 heteroatoms. The highest BCUT2D eigenvalue weighted by molar-refractivity contribution is 5.98. The van der Waals surface area contributed by atoms with Gasteiger partial charge < -0.3 is 10.6 Å². The molecule has 0 unspecified atom stereocenters. The molecule has 2 amide bonds. The molecule has 5 nitrogen and oxygen atoms in total. The van der Waals surface area contributed by atoms with Crippen LogP contribution in [0.15, 0.2) is 18.2 Å². The Morgan fingerprint density at radius 3 is 2.32 bits per heavy atom. The molecule has 2 rings (SSSR count). The van der Waals surface area contributed by atoms with Crippen molar-refractivity contribution in [2.75, 3.05) is 6.54 Å². The molecule has 1 aromatic rings. The van der Waals surface area contributed by atoms with Crippen molar-refractivity contribution in [1.29, 1.82) is 0 Å². The molecule has 0 aromatic heterocycles. The summed E-state index contributed by atoms with van der Waals surface area (Å²) in [6.45, 7) is 5.57. The number of ketones is 1. The van der Waals surface area contributed by atoms with Crippen molar-refractivity contribution >= 4 is 17.6 Å². The molecule has 0 aliphatic heterocycles. The topological polar surface area (TPSA) is 75.3 Å². The number of aryl methyl sites for hydroxylation is 2. The van der Waals surface area contributed by atoms with Crippen LogP contribution >= 0.6 is 0 Å². The van der Waals surface area contributed by atoms with E-state index >= 15 is 0 Å². The average molecular weight is 344 g/mol. The highest BCUT2D eigenvalue weighted by Gasteiger charge is 2.16. The summed E-state index contributed by atoms with van der Waals surface area (Å²) in [7, 11) is 0. The predicted octanol–water partition coefficient (Wildman–Crippen LogP) is 2.56. The van der Waals surface area contributed by atoms with Crippen LogP contribution in [0.3, 0.4) is 0 Å². The van der Waals surface area contributed by atoms with E-state index in [1.807, 2.05) is 39.0 Å². The van der Waals surface area contributed by atoms with Gasteiger partial charge in [-0.05, 0) is 63.6 Å². The van der Waals surface area contributed by atoms with Gasteiger partial charge in [0.05, 0.1) is 6.54 Å². The Morgan fingerprint density at radius 1 is 0.960 bits per heavy atom. The van der Waals surface area contributed by atoms with Crippen LogP contribution in [-0.2, 0) is 22.4 Å². The van der Waals surface area contributed by atoms with Crippen molar-refractivity contribution in [3.05, 3.63) is 34.9 Å². The number of fused-ring (bicyclic) bond motifs is 1. The Hall–Kier alpha value is -2.17. The van der Waals surface area contributed by atoms with Gasteiger partial charge >= 0.3 is 0 Å². The summed E-state index contributed by atoms with van der Waals surface area (Å²) < 4.78 is 0. The van der Waals surface area contributed by atoms with Crippen LogP contribution in [0.25, 0.3) is 0 Å². The lowest BCUT2D eigenvalue weighted by atomic mass is 9.89. The molecule has 1 aliphatic rings. The van der Waals surface area contributed by atoms with Crippen LogP contribution in [-0.4, -0.2) is 29.7 Å². The van der Waals surface area contributed by atoms with Crippen molar-refractivity contribution in [2.45, 2.75) is 64.8 Å². The van der Waals surface area contributed by atoms with E-state index in [0.717, 1.165) is 12.8 Å². The monoisotopic (exact) mass is 344 g/mol. The van der Waals surface area contributed by atoms with Crippen molar-refractivity contribution in [3.63, 3.8) is 0 Å². The number of Topliss-reactive ketones (excluding diaryl/α,β-unsaturated/α-hetero) is 1. The highest BCUT2D eigenvalue weighted by Crippen LogP contribution is 2.22. The minimum absolute atomic E-state index is 0.0253. The quantitative estimate of drug-likeness (QED) is 0.779. The zero-order chi connectivity index (χ0) is 18.4. The summed E-state index contributed by atoms with van der Waals surface area (Å²) in [6.07, 6.45) is 4.75. The predicted molar refractivity (Wildman–Crippen MR) is 97.6 cm³/mol. The maximum Gasteiger partial charge on any atom is 0.239 e. The minimum Gasteiger partial charge on any atom is -0.350 e. The number of hydrogen-bond donors (Lipinski definition) is 2. The second-order valence-corrected chi connectivity index (χ2v) is 7.69.